The lowest BCUT2D eigenvalue weighted by molar-refractivity contribution is -0.137. The standard InChI is InChI=1S/C21H23F3N2/c1-17(14-18-6-3-2-4-7-18)16-25-10-12-26(13-11-25)20-9-5-8-19(15-20)21(22,23)24/h2-9,14-15H,10-13,16H2,1H3/b17-14-. The fourth-order valence-corrected chi connectivity index (χ4v) is 3.28. The molecule has 1 aliphatic heterocycles. The Morgan fingerprint density at radius 3 is 2.31 bits per heavy atom. The van der Waals surface area contributed by atoms with Crippen molar-refractivity contribution in [3.05, 3.63) is 71.3 Å². The number of nitrogens with zero attached hydrogens (tertiary/aromatic N) is 2. The second kappa shape index (κ2) is 7.96. The highest BCUT2D eigenvalue weighted by Crippen LogP contribution is 2.31. The molecule has 2 aromatic carbocycles. The molecule has 26 heavy (non-hydrogen) atoms. The summed E-state index contributed by atoms with van der Waals surface area (Å²) in [6, 6.07) is 15.8. The Labute approximate surface area is 152 Å². The summed E-state index contributed by atoms with van der Waals surface area (Å²) >= 11 is 0. The molecule has 0 radical (unpaired) electrons. The van der Waals surface area contributed by atoms with E-state index in [-0.39, 0.29) is 0 Å². The molecule has 0 spiro atoms. The van der Waals surface area contributed by atoms with Crippen LogP contribution in [0.2, 0.25) is 0 Å². The van der Waals surface area contributed by atoms with Gasteiger partial charge in [0.1, 0.15) is 0 Å². The molecular formula is C21H23F3N2. The zero-order chi connectivity index (χ0) is 18.6. The van der Waals surface area contributed by atoms with Crippen LogP contribution in [0.4, 0.5) is 18.9 Å². The van der Waals surface area contributed by atoms with E-state index in [0.717, 1.165) is 38.8 Å². The van der Waals surface area contributed by atoms with E-state index in [2.05, 4.69) is 30.0 Å². The van der Waals surface area contributed by atoms with Gasteiger partial charge in [0.15, 0.2) is 0 Å². The van der Waals surface area contributed by atoms with Crippen molar-refractivity contribution in [2.24, 2.45) is 0 Å². The molecule has 3 rings (SSSR count). The van der Waals surface area contributed by atoms with E-state index in [0.29, 0.717) is 5.69 Å². The highest BCUT2D eigenvalue weighted by atomic mass is 19.4. The molecule has 138 valence electrons. The number of hydrogen-bond donors (Lipinski definition) is 0. The van der Waals surface area contributed by atoms with Gasteiger partial charge in [-0.3, -0.25) is 4.90 Å². The first-order chi connectivity index (χ1) is 12.4. The summed E-state index contributed by atoms with van der Waals surface area (Å²) < 4.78 is 38.7. The lowest BCUT2D eigenvalue weighted by Gasteiger charge is -2.36. The summed E-state index contributed by atoms with van der Waals surface area (Å²) in [5.41, 5.74) is 2.53. The Kier molecular flexibility index (Phi) is 5.67. The van der Waals surface area contributed by atoms with Crippen molar-refractivity contribution in [1.29, 1.82) is 0 Å². The molecule has 0 amide bonds. The van der Waals surface area contributed by atoms with Gasteiger partial charge in [-0.15, -0.1) is 0 Å². The fourth-order valence-electron chi connectivity index (χ4n) is 3.28. The first-order valence-corrected chi connectivity index (χ1v) is 8.78. The molecule has 2 aromatic rings. The third-order valence-corrected chi connectivity index (χ3v) is 4.60. The van der Waals surface area contributed by atoms with Gasteiger partial charge in [0.2, 0.25) is 0 Å². The normalized spacial score (nSPS) is 16.8. The number of hydrogen-bond acceptors (Lipinski definition) is 2. The van der Waals surface area contributed by atoms with Gasteiger partial charge in [-0.05, 0) is 30.7 Å². The second-order valence-electron chi connectivity index (χ2n) is 6.71. The largest absolute Gasteiger partial charge is 0.416 e. The minimum atomic E-state index is -4.29. The van der Waals surface area contributed by atoms with Gasteiger partial charge in [-0.25, -0.2) is 0 Å². The number of halogens is 3. The molecular weight excluding hydrogens is 337 g/mol. The van der Waals surface area contributed by atoms with E-state index in [4.69, 9.17) is 0 Å². The van der Waals surface area contributed by atoms with Crippen LogP contribution < -0.4 is 4.90 Å². The topological polar surface area (TPSA) is 6.48 Å². The first-order valence-electron chi connectivity index (χ1n) is 8.78. The summed E-state index contributed by atoms with van der Waals surface area (Å²) in [5, 5.41) is 0. The third-order valence-electron chi connectivity index (χ3n) is 4.60. The van der Waals surface area contributed by atoms with Crippen LogP contribution in [-0.2, 0) is 6.18 Å². The molecule has 0 saturated carbocycles. The molecule has 0 aromatic heterocycles. The summed E-state index contributed by atoms with van der Waals surface area (Å²) in [7, 11) is 0. The molecule has 0 unspecified atom stereocenters. The summed E-state index contributed by atoms with van der Waals surface area (Å²) in [6.45, 7) is 6.16. The van der Waals surface area contributed by atoms with Crippen LogP contribution in [0.5, 0.6) is 0 Å². The zero-order valence-corrected chi connectivity index (χ0v) is 14.8. The van der Waals surface area contributed by atoms with Crippen LogP contribution in [0.3, 0.4) is 0 Å². The maximum Gasteiger partial charge on any atom is 0.416 e. The van der Waals surface area contributed by atoms with Crippen molar-refractivity contribution in [3.8, 4) is 0 Å². The minimum absolute atomic E-state index is 0.584. The Morgan fingerprint density at radius 2 is 1.65 bits per heavy atom. The lowest BCUT2D eigenvalue weighted by Crippen LogP contribution is -2.46. The number of alkyl halides is 3. The van der Waals surface area contributed by atoms with Crippen LogP contribution in [0, 0.1) is 0 Å². The average molecular weight is 360 g/mol. The number of benzene rings is 2. The maximum atomic E-state index is 12.9. The molecule has 1 fully saturated rings. The highest BCUT2D eigenvalue weighted by Gasteiger charge is 2.31. The van der Waals surface area contributed by atoms with Gasteiger partial charge < -0.3 is 4.90 Å². The fraction of sp³-hybridized carbons (Fsp3) is 0.333. The van der Waals surface area contributed by atoms with Crippen molar-refractivity contribution in [2.45, 2.75) is 13.1 Å². The Hall–Kier alpha value is -2.27. The van der Waals surface area contributed by atoms with Crippen molar-refractivity contribution in [2.75, 3.05) is 37.6 Å². The average Bonchev–Trinajstić information content (AvgIpc) is 2.62. The molecule has 0 bridgehead atoms. The highest BCUT2D eigenvalue weighted by molar-refractivity contribution is 5.52. The predicted octanol–water partition coefficient (Wildman–Crippen LogP) is 4.93. The Balaban J connectivity index is 1.57. The van der Waals surface area contributed by atoms with E-state index in [1.165, 1.54) is 23.3 Å². The van der Waals surface area contributed by atoms with Gasteiger partial charge in [-0.1, -0.05) is 48.0 Å². The van der Waals surface area contributed by atoms with Crippen molar-refractivity contribution in [3.63, 3.8) is 0 Å². The monoisotopic (exact) mass is 360 g/mol. The molecule has 5 heteroatoms. The van der Waals surface area contributed by atoms with E-state index >= 15 is 0 Å². The van der Waals surface area contributed by atoms with Crippen LogP contribution in [-0.4, -0.2) is 37.6 Å². The first kappa shape index (κ1) is 18.5. The Bertz CT molecular complexity index is 745. The quantitative estimate of drug-likeness (QED) is 0.763. The maximum absolute atomic E-state index is 12.9. The van der Waals surface area contributed by atoms with E-state index in [1.54, 1.807) is 6.07 Å². The van der Waals surface area contributed by atoms with E-state index in [9.17, 15) is 13.2 Å². The van der Waals surface area contributed by atoms with Crippen molar-refractivity contribution < 1.29 is 13.2 Å². The van der Waals surface area contributed by atoms with Gasteiger partial charge in [0, 0.05) is 38.4 Å². The van der Waals surface area contributed by atoms with Gasteiger partial charge in [0.05, 0.1) is 5.56 Å². The number of anilines is 1. The van der Waals surface area contributed by atoms with Crippen LogP contribution in [0.15, 0.2) is 60.2 Å². The van der Waals surface area contributed by atoms with Gasteiger partial charge in [0.25, 0.3) is 0 Å². The third kappa shape index (κ3) is 4.88. The summed E-state index contributed by atoms with van der Waals surface area (Å²) in [6.07, 6.45) is -2.11. The van der Waals surface area contributed by atoms with Crippen molar-refractivity contribution >= 4 is 11.8 Å². The van der Waals surface area contributed by atoms with Gasteiger partial charge >= 0.3 is 6.18 Å². The number of piperazine rings is 1. The van der Waals surface area contributed by atoms with Gasteiger partial charge in [-0.2, -0.15) is 13.2 Å². The zero-order valence-electron chi connectivity index (χ0n) is 14.8. The van der Waals surface area contributed by atoms with Crippen LogP contribution >= 0.6 is 0 Å². The molecule has 1 heterocycles. The molecule has 1 aliphatic rings. The van der Waals surface area contributed by atoms with Crippen LogP contribution in [0.1, 0.15) is 18.1 Å². The molecule has 1 saturated heterocycles. The van der Waals surface area contributed by atoms with E-state index < -0.39 is 11.7 Å². The summed E-state index contributed by atoms with van der Waals surface area (Å²) in [5.74, 6) is 0. The SMILES string of the molecule is C/C(=C/c1ccccc1)CN1CCN(c2cccc(C(F)(F)F)c2)CC1. The lowest BCUT2D eigenvalue weighted by atomic mass is 10.1. The molecule has 0 atom stereocenters. The van der Waals surface area contributed by atoms with Crippen LogP contribution in [0.25, 0.3) is 6.08 Å². The summed E-state index contributed by atoms with van der Waals surface area (Å²) in [4.78, 5) is 4.38. The Morgan fingerprint density at radius 1 is 0.962 bits per heavy atom. The minimum Gasteiger partial charge on any atom is -0.369 e. The van der Waals surface area contributed by atoms with E-state index in [1.807, 2.05) is 23.1 Å². The smallest absolute Gasteiger partial charge is 0.369 e. The molecule has 0 N–H and O–H groups in total. The molecule has 2 nitrogen and oxygen atoms in total. The van der Waals surface area contributed by atoms with Crippen molar-refractivity contribution in [1.82, 2.24) is 4.90 Å². The number of rotatable bonds is 4. The molecule has 0 aliphatic carbocycles. The second-order valence-corrected chi connectivity index (χ2v) is 6.71. The predicted molar refractivity (Wildman–Crippen MR) is 100 cm³/mol.